The van der Waals surface area contributed by atoms with E-state index in [0.29, 0.717) is 5.92 Å². The molecule has 1 fully saturated rings. The van der Waals surface area contributed by atoms with E-state index in [1.165, 1.54) is 0 Å². The fraction of sp³-hybridized carbons (Fsp3) is 0.867. The number of hydrogen-bond acceptors (Lipinski definition) is 2. The minimum absolute atomic E-state index is 0.192. The highest BCUT2D eigenvalue weighted by molar-refractivity contribution is 5.24. The van der Waals surface area contributed by atoms with E-state index in [4.69, 9.17) is 0 Å². The highest BCUT2D eigenvalue weighted by atomic mass is 16.3. The minimum atomic E-state index is -0.976. The standard InChI is InChI=1S/C15H26O2/c1-11(2)13-7-6-9-14(4,5)15(13,17)10-8-12(3)16/h11-13,16-17H,6-7,9H2,1-5H3. The summed E-state index contributed by atoms with van der Waals surface area (Å²) in [5.41, 5.74) is -1.18. The molecular weight excluding hydrogens is 212 g/mol. The Kier molecular flexibility index (Phi) is 4.28. The van der Waals surface area contributed by atoms with E-state index < -0.39 is 11.7 Å². The van der Waals surface area contributed by atoms with Gasteiger partial charge in [0.25, 0.3) is 0 Å². The van der Waals surface area contributed by atoms with Crippen LogP contribution in [0.25, 0.3) is 0 Å². The smallest absolute Gasteiger partial charge is 0.133 e. The van der Waals surface area contributed by atoms with Gasteiger partial charge in [0, 0.05) is 11.3 Å². The zero-order valence-corrected chi connectivity index (χ0v) is 11.7. The third-order valence-electron chi connectivity index (χ3n) is 4.16. The van der Waals surface area contributed by atoms with E-state index in [1.807, 2.05) is 0 Å². The molecule has 2 N–H and O–H groups in total. The van der Waals surface area contributed by atoms with Crippen LogP contribution in [-0.4, -0.2) is 21.9 Å². The molecule has 0 aromatic heterocycles. The van der Waals surface area contributed by atoms with Crippen molar-refractivity contribution in [1.82, 2.24) is 0 Å². The highest BCUT2D eigenvalue weighted by Gasteiger charge is 2.51. The fourth-order valence-electron chi connectivity index (χ4n) is 2.96. The van der Waals surface area contributed by atoms with Gasteiger partial charge in [-0.25, -0.2) is 0 Å². The second kappa shape index (κ2) is 5.00. The van der Waals surface area contributed by atoms with Crippen molar-refractivity contribution in [3.63, 3.8) is 0 Å². The van der Waals surface area contributed by atoms with Gasteiger partial charge >= 0.3 is 0 Å². The van der Waals surface area contributed by atoms with Crippen LogP contribution in [-0.2, 0) is 0 Å². The Morgan fingerprint density at radius 3 is 2.29 bits per heavy atom. The van der Waals surface area contributed by atoms with Gasteiger partial charge in [0.15, 0.2) is 0 Å². The Balaban J connectivity index is 3.13. The predicted octanol–water partition coefficient (Wildman–Crippen LogP) is 2.58. The second-order valence-corrected chi connectivity index (χ2v) is 6.34. The van der Waals surface area contributed by atoms with Crippen molar-refractivity contribution in [3.05, 3.63) is 0 Å². The van der Waals surface area contributed by atoms with Crippen LogP contribution in [0, 0.1) is 29.1 Å². The molecule has 0 amide bonds. The summed E-state index contributed by atoms with van der Waals surface area (Å²) in [6.07, 6.45) is 2.48. The maximum absolute atomic E-state index is 11.0. The first-order valence-electron chi connectivity index (χ1n) is 6.64. The van der Waals surface area contributed by atoms with Gasteiger partial charge in [-0.1, -0.05) is 46.0 Å². The lowest BCUT2D eigenvalue weighted by molar-refractivity contribution is -0.106. The van der Waals surface area contributed by atoms with Gasteiger partial charge in [0.2, 0.25) is 0 Å². The Hall–Kier alpha value is -0.520. The molecule has 1 aliphatic carbocycles. The van der Waals surface area contributed by atoms with Crippen molar-refractivity contribution in [1.29, 1.82) is 0 Å². The second-order valence-electron chi connectivity index (χ2n) is 6.34. The molecule has 0 radical (unpaired) electrons. The average Bonchev–Trinajstić information content (AvgIpc) is 2.19. The molecule has 1 saturated carbocycles. The van der Waals surface area contributed by atoms with Crippen molar-refractivity contribution in [2.45, 2.75) is 65.6 Å². The van der Waals surface area contributed by atoms with Gasteiger partial charge in [0.1, 0.15) is 11.7 Å². The maximum Gasteiger partial charge on any atom is 0.133 e. The molecule has 0 spiro atoms. The molecule has 17 heavy (non-hydrogen) atoms. The van der Waals surface area contributed by atoms with Crippen molar-refractivity contribution in [3.8, 4) is 11.8 Å². The predicted molar refractivity (Wildman–Crippen MR) is 70.4 cm³/mol. The summed E-state index contributed by atoms with van der Waals surface area (Å²) in [7, 11) is 0. The van der Waals surface area contributed by atoms with Crippen molar-refractivity contribution in [2.24, 2.45) is 17.3 Å². The number of rotatable bonds is 1. The zero-order chi connectivity index (χ0) is 13.3. The van der Waals surface area contributed by atoms with E-state index in [-0.39, 0.29) is 11.3 Å². The van der Waals surface area contributed by atoms with Crippen molar-refractivity contribution >= 4 is 0 Å². The van der Waals surface area contributed by atoms with Crippen LogP contribution >= 0.6 is 0 Å². The molecule has 3 atom stereocenters. The molecule has 0 saturated heterocycles. The summed E-state index contributed by atoms with van der Waals surface area (Å²) < 4.78 is 0. The van der Waals surface area contributed by atoms with Gasteiger partial charge < -0.3 is 10.2 Å². The summed E-state index contributed by atoms with van der Waals surface area (Å²) in [6.45, 7) is 10.1. The summed E-state index contributed by atoms with van der Waals surface area (Å²) in [5, 5.41) is 20.3. The zero-order valence-electron chi connectivity index (χ0n) is 11.7. The fourth-order valence-corrected chi connectivity index (χ4v) is 2.96. The largest absolute Gasteiger partial charge is 0.381 e. The van der Waals surface area contributed by atoms with E-state index in [1.54, 1.807) is 6.92 Å². The molecule has 1 aliphatic rings. The van der Waals surface area contributed by atoms with Gasteiger partial charge in [-0.3, -0.25) is 0 Å². The lowest BCUT2D eigenvalue weighted by Crippen LogP contribution is -2.54. The highest BCUT2D eigenvalue weighted by Crippen LogP contribution is 2.49. The lowest BCUT2D eigenvalue weighted by atomic mass is 9.58. The molecule has 2 heteroatoms. The van der Waals surface area contributed by atoms with Gasteiger partial charge in [0.05, 0.1) is 0 Å². The average molecular weight is 238 g/mol. The Labute approximate surface area is 105 Å². The van der Waals surface area contributed by atoms with Crippen LogP contribution in [0.3, 0.4) is 0 Å². The summed E-state index contributed by atoms with van der Waals surface area (Å²) in [4.78, 5) is 0. The number of hydrogen-bond donors (Lipinski definition) is 2. The van der Waals surface area contributed by atoms with E-state index >= 15 is 0 Å². The summed E-state index contributed by atoms with van der Waals surface area (Å²) in [5.74, 6) is 6.32. The quantitative estimate of drug-likeness (QED) is 0.689. The van der Waals surface area contributed by atoms with Crippen molar-refractivity contribution < 1.29 is 10.2 Å². The minimum Gasteiger partial charge on any atom is -0.381 e. The topological polar surface area (TPSA) is 40.5 Å². The van der Waals surface area contributed by atoms with Crippen LogP contribution in [0.1, 0.15) is 53.9 Å². The molecule has 3 unspecified atom stereocenters. The third kappa shape index (κ3) is 2.84. The monoisotopic (exact) mass is 238 g/mol. The van der Waals surface area contributed by atoms with Crippen LogP contribution in [0.2, 0.25) is 0 Å². The Morgan fingerprint density at radius 2 is 1.82 bits per heavy atom. The van der Waals surface area contributed by atoms with Crippen molar-refractivity contribution in [2.75, 3.05) is 0 Å². The van der Waals surface area contributed by atoms with Gasteiger partial charge in [-0.05, 0) is 25.7 Å². The molecule has 0 bridgehead atoms. The molecular formula is C15H26O2. The summed E-state index contributed by atoms with van der Waals surface area (Å²) >= 11 is 0. The molecule has 0 aromatic rings. The number of aliphatic hydroxyl groups excluding tert-OH is 1. The van der Waals surface area contributed by atoms with Crippen LogP contribution in [0.5, 0.6) is 0 Å². The normalized spacial score (nSPS) is 34.0. The Bertz CT molecular complexity index is 320. The first-order valence-corrected chi connectivity index (χ1v) is 6.64. The number of aliphatic hydroxyl groups is 2. The van der Waals surface area contributed by atoms with E-state index in [0.717, 1.165) is 19.3 Å². The lowest BCUT2D eigenvalue weighted by Gasteiger charge is -2.50. The molecule has 0 aromatic carbocycles. The SMILES string of the molecule is CC(O)C#CC1(O)C(C(C)C)CCCC1(C)C. The van der Waals surface area contributed by atoms with Gasteiger partial charge in [-0.15, -0.1) is 0 Å². The first-order chi connectivity index (χ1) is 7.71. The van der Waals surface area contributed by atoms with E-state index in [2.05, 4.69) is 39.5 Å². The summed E-state index contributed by atoms with van der Waals surface area (Å²) in [6, 6.07) is 0. The van der Waals surface area contributed by atoms with Crippen LogP contribution < -0.4 is 0 Å². The van der Waals surface area contributed by atoms with Gasteiger partial charge in [-0.2, -0.15) is 0 Å². The Morgan fingerprint density at radius 1 is 1.24 bits per heavy atom. The first kappa shape index (κ1) is 14.5. The molecule has 0 aliphatic heterocycles. The maximum atomic E-state index is 11.0. The molecule has 98 valence electrons. The van der Waals surface area contributed by atoms with E-state index in [9.17, 15) is 10.2 Å². The molecule has 0 heterocycles. The third-order valence-corrected chi connectivity index (χ3v) is 4.16. The van der Waals surface area contributed by atoms with Crippen LogP contribution in [0.15, 0.2) is 0 Å². The van der Waals surface area contributed by atoms with Crippen LogP contribution in [0.4, 0.5) is 0 Å². The molecule has 2 nitrogen and oxygen atoms in total. The molecule has 1 rings (SSSR count).